The normalized spacial score (nSPS) is 11.4. The average molecular weight is 258 g/mol. The van der Waals surface area contributed by atoms with Crippen molar-refractivity contribution < 1.29 is 0 Å². The number of hydrogen-bond donors (Lipinski definition) is 2. The maximum Gasteiger partial charge on any atom is 0.263 e. The molecule has 100 valence electrons. The number of anilines is 1. The van der Waals surface area contributed by atoms with E-state index in [2.05, 4.69) is 21.8 Å². The minimum absolute atomic E-state index is 0.121. The van der Waals surface area contributed by atoms with E-state index >= 15 is 0 Å². The minimum Gasteiger partial charge on any atom is -0.369 e. The molecular formula is C14H18N4O. The van der Waals surface area contributed by atoms with Gasteiger partial charge in [0.2, 0.25) is 5.95 Å². The van der Waals surface area contributed by atoms with Gasteiger partial charge in [-0.2, -0.15) is 4.98 Å². The van der Waals surface area contributed by atoms with E-state index in [-0.39, 0.29) is 17.0 Å². The average Bonchev–Trinajstić information content (AvgIpc) is 2.64. The van der Waals surface area contributed by atoms with Crippen LogP contribution in [0.2, 0.25) is 0 Å². The van der Waals surface area contributed by atoms with Gasteiger partial charge in [0.05, 0.1) is 10.9 Å². The topological polar surface area (TPSA) is 76.7 Å². The Morgan fingerprint density at radius 1 is 1.47 bits per heavy atom. The number of nitrogens with one attached hydrogen (secondary N) is 1. The zero-order valence-electron chi connectivity index (χ0n) is 11.7. The number of rotatable bonds is 0. The van der Waals surface area contributed by atoms with Gasteiger partial charge in [-0.25, -0.2) is 0 Å². The fourth-order valence-corrected chi connectivity index (χ4v) is 1.94. The molecule has 0 spiro atoms. The SMILES string of the molecule is CCC#Cc1cn(C(C)(C)C)c2nc(N)[nH]c(=O)c12. The fraction of sp³-hybridized carbons (Fsp3) is 0.429. The van der Waals surface area contributed by atoms with Gasteiger partial charge in [-0.15, -0.1) is 0 Å². The van der Waals surface area contributed by atoms with Crippen LogP contribution in [-0.4, -0.2) is 14.5 Å². The first-order chi connectivity index (χ1) is 8.84. The van der Waals surface area contributed by atoms with Crippen LogP contribution in [0.5, 0.6) is 0 Å². The van der Waals surface area contributed by atoms with Gasteiger partial charge in [0.15, 0.2) is 5.65 Å². The van der Waals surface area contributed by atoms with Crippen molar-refractivity contribution in [1.82, 2.24) is 14.5 Å². The number of aromatic nitrogens is 3. The van der Waals surface area contributed by atoms with Crippen molar-refractivity contribution in [1.29, 1.82) is 0 Å². The van der Waals surface area contributed by atoms with Crippen LogP contribution in [0.1, 0.15) is 39.7 Å². The number of nitrogens with zero attached hydrogens (tertiary/aromatic N) is 2. The summed E-state index contributed by atoms with van der Waals surface area (Å²) < 4.78 is 1.94. The van der Waals surface area contributed by atoms with E-state index in [1.165, 1.54) is 0 Å². The Morgan fingerprint density at radius 3 is 2.74 bits per heavy atom. The predicted molar refractivity (Wildman–Crippen MR) is 76.9 cm³/mol. The van der Waals surface area contributed by atoms with Crippen LogP contribution in [0.4, 0.5) is 5.95 Å². The van der Waals surface area contributed by atoms with Gasteiger partial charge in [-0.05, 0) is 20.8 Å². The second-order valence-electron chi connectivity index (χ2n) is 5.39. The van der Waals surface area contributed by atoms with Crippen molar-refractivity contribution in [2.24, 2.45) is 0 Å². The van der Waals surface area contributed by atoms with Gasteiger partial charge in [0.1, 0.15) is 0 Å². The van der Waals surface area contributed by atoms with Gasteiger partial charge in [0, 0.05) is 18.2 Å². The molecule has 2 heterocycles. The first-order valence-electron chi connectivity index (χ1n) is 6.24. The second-order valence-corrected chi connectivity index (χ2v) is 5.39. The Labute approximate surface area is 111 Å². The molecule has 0 amide bonds. The molecule has 0 unspecified atom stereocenters. The van der Waals surface area contributed by atoms with E-state index in [4.69, 9.17) is 5.73 Å². The van der Waals surface area contributed by atoms with E-state index in [1.54, 1.807) is 0 Å². The molecule has 0 bridgehead atoms. The molecule has 0 aliphatic heterocycles. The number of nitrogens with two attached hydrogens (primary N) is 1. The van der Waals surface area contributed by atoms with E-state index in [0.717, 1.165) is 6.42 Å². The molecule has 5 nitrogen and oxygen atoms in total. The van der Waals surface area contributed by atoms with E-state index in [1.807, 2.05) is 38.5 Å². The lowest BCUT2D eigenvalue weighted by Gasteiger charge is -2.21. The third-order valence-corrected chi connectivity index (χ3v) is 2.80. The molecule has 0 saturated carbocycles. The van der Waals surface area contributed by atoms with Crippen LogP contribution in [0.3, 0.4) is 0 Å². The Bertz CT molecular complexity index is 735. The first kappa shape index (κ1) is 13.2. The summed E-state index contributed by atoms with van der Waals surface area (Å²) in [6, 6.07) is 0. The van der Waals surface area contributed by atoms with Gasteiger partial charge in [0.25, 0.3) is 5.56 Å². The smallest absolute Gasteiger partial charge is 0.263 e. The molecule has 0 aliphatic rings. The largest absolute Gasteiger partial charge is 0.369 e. The van der Waals surface area contributed by atoms with E-state index in [9.17, 15) is 4.79 Å². The quantitative estimate of drug-likeness (QED) is 0.708. The van der Waals surface area contributed by atoms with Gasteiger partial charge < -0.3 is 10.3 Å². The maximum absolute atomic E-state index is 12.1. The number of fused-ring (bicyclic) bond motifs is 1. The Hall–Kier alpha value is -2.22. The van der Waals surface area contributed by atoms with Crippen molar-refractivity contribution >= 4 is 17.0 Å². The Morgan fingerprint density at radius 2 is 2.16 bits per heavy atom. The predicted octanol–water partition coefficient (Wildman–Crippen LogP) is 1.82. The monoisotopic (exact) mass is 258 g/mol. The number of aromatic amines is 1. The van der Waals surface area contributed by atoms with Gasteiger partial charge in [-0.3, -0.25) is 9.78 Å². The maximum atomic E-state index is 12.1. The third-order valence-electron chi connectivity index (χ3n) is 2.80. The molecule has 2 aromatic rings. The number of hydrogen-bond acceptors (Lipinski definition) is 3. The van der Waals surface area contributed by atoms with Gasteiger partial charge >= 0.3 is 0 Å². The highest BCUT2D eigenvalue weighted by Gasteiger charge is 2.21. The molecule has 0 aliphatic carbocycles. The molecule has 19 heavy (non-hydrogen) atoms. The van der Waals surface area contributed by atoms with Crippen molar-refractivity contribution in [2.45, 2.75) is 39.7 Å². The lowest BCUT2D eigenvalue weighted by molar-refractivity contribution is 0.408. The molecule has 0 aromatic carbocycles. The minimum atomic E-state index is -0.245. The third kappa shape index (κ3) is 2.34. The van der Waals surface area contributed by atoms with Crippen molar-refractivity contribution in [3.63, 3.8) is 0 Å². The molecule has 0 saturated heterocycles. The summed E-state index contributed by atoms with van der Waals surface area (Å²) in [5.74, 6) is 6.13. The highest BCUT2D eigenvalue weighted by Crippen LogP contribution is 2.23. The highest BCUT2D eigenvalue weighted by atomic mass is 16.1. The van der Waals surface area contributed by atoms with E-state index < -0.39 is 0 Å². The van der Waals surface area contributed by atoms with Crippen molar-refractivity contribution in [3.8, 4) is 11.8 Å². The summed E-state index contributed by atoms with van der Waals surface area (Å²) in [4.78, 5) is 18.8. The van der Waals surface area contributed by atoms with Crippen LogP contribution < -0.4 is 11.3 Å². The van der Waals surface area contributed by atoms with E-state index in [0.29, 0.717) is 16.6 Å². The number of nitrogen functional groups attached to an aromatic ring is 1. The molecule has 2 rings (SSSR count). The zero-order valence-corrected chi connectivity index (χ0v) is 11.7. The first-order valence-corrected chi connectivity index (χ1v) is 6.24. The molecule has 0 fully saturated rings. The fourth-order valence-electron chi connectivity index (χ4n) is 1.94. The Balaban J connectivity index is 2.89. The molecular weight excluding hydrogens is 240 g/mol. The molecule has 0 atom stereocenters. The lowest BCUT2D eigenvalue weighted by Crippen LogP contribution is -2.22. The van der Waals surface area contributed by atoms with Crippen molar-refractivity contribution in [2.75, 3.05) is 5.73 Å². The van der Waals surface area contributed by atoms with Crippen LogP contribution in [0.25, 0.3) is 11.0 Å². The summed E-state index contributed by atoms with van der Waals surface area (Å²) in [5.41, 5.74) is 6.46. The molecule has 2 aromatic heterocycles. The summed E-state index contributed by atoms with van der Waals surface area (Å²) >= 11 is 0. The lowest BCUT2D eigenvalue weighted by atomic mass is 10.1. The zero-order chi connectivity index (χ0) is 14.2. The highest BCUT2D eigenvalue weighted by molar-refractivity contribution is 5.83. The Kier molecular flexibility index (Phi) is 3.11. The summed E-state index contributed by atoms with van der Waals surface area (Å²) in [6.07, 6.45) is 2.61. The molecule has 5 heteroatoms. The van der Waals surface area contributed by atoms with Crippen LogP contribution in [-0.2, 0) is 5.54 Å². The van der Waals surface area contributed by atoms with Crippen LogP contribution in [0.15, 0.2) is 11.0 Å². The second kappa shape index (κ2) is 4.47. The summed E-state index contributed by atoms with van der Waals surface area (Å²) in [7, 11) is 0. The molecule has 0 radical (unpaired) electrons. The summed E-state index contributed by atoms with van der Waals surface area (Å²) in [6.45, 7) is 8.10. The van der Waals surface area contributed by atoms with Crippen LogP contribution >= 0.6 is 0 Å². The van der Waals surface area contributed by atoms with Crippen LogP contribution in [0, 0.1) is 11.8 Å². The standard InChI is InChI=1S/C14H18N4O/c1-5-6-7-9-8-18(14(2,3)4)11-10(9)12(19)17-13(15)16-11/h8H,5H2,1-4H3,(H3,15,16,17,19). The summed E-state index contributed by atoms with van der Waals surface area (Å²) in [5, 5.41) is 0.505. The molecule has 3 N–H and O–H groups in total. The van der Waals surface area contributed by atoms with Crippen molar-refractivity contribution in [3.05, 3.63) is 22.1 Å². The van der Waals surface area contributed by atoms with Gasteiger partial charge in [-0.1, -0.05) is 18.8 Å². The number of H-pyrrole nitrogens is 1.